The fourth-order valence-electron chi connectivity index (χ4n) is 4.54. The summed E-state index contributed by atoms with van der Waals surface area (Å²) in [6.45, 7) is 2.68. The fourth-order valence-corrected chi connectivity index (χ4v) is 4.54. The number of piperidine rings is 1. The first kappa shape index (κ1) is 18.2. The maximum Gasteiger partial charge on any atom is 0.226 e. The second kappa shape index (κ2) is 6.87. The summed E-state index contributed by atoms with van der Waals surface area (Å²) in [7, 11) is 1.97. The number of fused-ring (bicyclic) bond motifs is 3. The van der Waals surface area contributed by atoms with Crippen molar-refractivity contribution in [1.82, 2.24) is 9.55 Å². The van der Waals surface area contributed by atoms with Crippen molar-refractivity contribution in [2.45, 2.75) is 45.1 Å². The summed E-state index contributed by atoms with van der Waals surface area (Å²) in [6, 6.07) is 8.85. The highest BCUT2D eigenvalue weighted by atomic mass is 19.1. The smallest absolute Gasteiger partial charge is 0.226 e. The van der Waals surface area contributed by atoms with Crippen molar-refractivity contribution in [3.05, 3.63) is 53.1 Å². The molecule has 0 radical (unpaired) electrons. The van der Waals surface area contributed by atoms with Crippen molar-refractivity contribution in [2.24, 2.45) is 7.05 Å². The molecule has 0 bridgehead atoms. The molecule has 0 spiro atoms. The summed E-state index contributed by atoms with van der Waals surface area (Å²) < 4.78 is 22.8. The summed E-state index contributed by atoms with van der Waals surface area (Å²) >= 11 is 0. The second-order valence-corrected chi connectivity index (χ2v) is 7.96. The van der Waals surface area contributed by atoms with Crippen LogP contribution < -0.4 is 9.64 Å². The van der Waals surface area contributed by atoms with Crippen LogP contribution in [0.1, 0.15) is 48.7 Å². The lowest BCUT2D eigenvalue weighted by Crippen LogP contribution is -2.36. The molecule has 29 heavy (non-hydrogen) atoms. The second-order valence-electron chi connectivity index (χ2n) is 7.96. The van der Waals surface area contributed by atoms with Gasteiger partial charge in [-0.1, -0.05) is 18.2 Å². The number of rotatable bonds is 2. The van der Waals surface area contributed by atoms with E-state index in [0.29, 0.717) is 24.2 Å². The number of carbonyl (C=O) groups is 1. The quantitative estimate of drug-likeness (QED) is 0.639. The van der Waals surface area contributed by atoms with Crippen LogP contribution in [-0.2, 0) is 18.3 Å². The van der Waals surface area contributed by atoms with E-state index < -0.39 is 0 Å². The van der Waals surface area contributed by atoms with E-state index in [1.54, 1.807) is 12.1 Å². The van der Waals surface area contributed by atoms with Crippen LogP contribution in [0.25, 0.3) is 11.0 Å². The highest BCUT2D eigenvalue weighted by Gasteiger charge is 2.32. The number of hydrogen-bond donors (Lipinski definition) is 0. The number of aryl methyl sites for hydroxylation is 2. The third-order valence-electron chi connectivity index (χ3n) is 6.22. The summed E-state index contributed by atoms with van der Waals surface area (Å²) in [4.78, 5) is 19.3. The molecule has 5 rings (SSSR count). The highest BCUT2D eigenvalue weighted by Crippen LogP contribution is 2.45. The first-order chi connectivity index (χ1) is 14.0. The van der Waals surface area contributed by atoms with Crippen LogP contribution in [-0.4, -0.2) is 22.0 Å². The minimum absolute atomic E-state index is 0.160. The van der Waals surface area contributed by atoms with Gasteiger partial charge in [-0.15, -0.1) is 0 Å². The number of amides is 1. The van der Waals surface area contributed by atoms with Gasteiger partial charge in [0.1, 0.15) is 23.3 Å². The molecule has 150 valence electrons. The Morgan fingerprint density at radius 1 is 1.21 bits per heavy atom. The summed E-state index contributed by atoms with van der Waals surface area (Å²) in [6.07, 6.45) is 3.55. The van der Waals surface area contributed by atoms with E-state index in [2.05, 4.69) is 6.07 Å². The number of anilines is 1. The molecule has 2 aromatic carbocycles. The van der Waals surface area contributed by atoms with Crippen LogP contribution >= 0.6 is 0 Å². The molecule has 3 aromatic rings. The van der Waals surface area contributed by atoms with Gasteiger partial charge in [0.15, 0.2) is 5.75 Å². The fraction of sp³-hybridized carbons (Fsp3) is 0.391. The predicted molar refractivity (Wildman–Crippen MR) is 110 cm³/mol. The zero-order valence-electron chi connectivity index (χ0n) is 16.7. The van der Waals surface area contributed by atoms with Gasteiger partial charge in [-0.05, 0) is 44.7 Å². The molecule has 2 aliphatic rings. The van der Waals surface area contributed by atoms with Gasteiger partial charge in [0.2, 0.25) is 5.91 Å². The van der Waals surface area contributed by atoms with E-state index in [9.17, 15) is 9.18 Å². The number of ether oxygens (including phenoxy) is 1. The van der Waals surface area contributed by atoms with Crippen LogP contribution in [0.15, 0.2) is 30.3 Å². The Bertz CT molecular complexity index is 1120. The van der Waals surface area contributed by atoms with E-state index in [4.69, 9.17) is 9.72 Å². The number of aromatic nitrogens is 2. The maximum atomic E-state index is 14.4. The van der Waals surface area contributed by atoms with Crippen LogP contribution in [0, 0.1) is 12.7 Å². The van der Waals surface area contributed by atoms with Gasteiger partial charge in [0, 0.05) is 31.1 Å². The van der Waals surface area contributed by atoms with E-state index >= 15 is 0 Å². The zero-order valence-corrected chi connectivity index (χ0v) is 16.7. The van der Waals surface area contributed by atoms with Crippen molar-refractivity contribution in [3.8, 4) is 5.75 Å². The molecule has 1 saturated heterocycles. The number of benzene rings is 2. The molecule has 6 heteroatoms. The Morgan fingerprint density at radius 3 is 2.83 bits per heavy atom. The normalized spacial score (nSPS) is 19.3. The van der Waals surface area contributed by atoms with E-state index in [-0.39, 0.29) is 17.8 Å². The molecule has 0 saturated carbocycles. The molecule has 1 aromatic heterocycles. The zero-order chi connectivity index (χ0) is 20.1. The molecule has 1 fully saturated rings. The maximum absolute atomic E-state index is 14.4. The first-order valence-electron chi connectivity index (χ1n) is 10.2. The van der Waals surface area contributed by atoms with Crippen molar-refractivity contribution in [3.63, 3.8) is 0 Å². The largest absolute Gasteiger partial charge is 0.483 e. The summed E-state index contributed by atoms with van der Waals surface area (Å²) in [5, 5.41) is 0. The molecule has 1 amide bonds. The lowest BCUT2D eigenvalue weighted by atomic mass is 9.94. The van der Waals surface area contributed by atoms with Crippen molar-refractivity contribution < 1.29 is 13.9 Å². The van der Waals surface area contributed by atoms with Gasteiger partial charge in [-0.2, -0.15) is 0 Å². The SMILES string of the molecule is Cc1nc2c3c(c(N4CCCCC4=O)cc2n1C)CC[C@@H](c1ccccc1F)O3. The number of imidazole rings is 1. The molecule has 3 heterocycles. The molecular formula is C23H24FN3O2. The van der Waals surface area contributed by atoms with Gasteiger partial charge in [-0.25, -0.2) is 9.37 Å². The van der Waals surface area contributed by atoms with Gasteiger partial charge < -0.3 is 14.2 Å². The topological polar surface area (TPSA) is 47.4 Å². The Kier molecular flexibility index (Phi) is 4.30. The monoisotopic (exact) mass is 393 g/mol. The van der Waals surface area contributed by atoms with Crippen LogP contribution in [0.4, 0.5) is 10.1 Å². The molecule has 0 unspecified atom stereocenters. The third kappa shape index (κ3) is 2.89. The van der Waals surface area contributed by atoms with Gasteiger partial charge in [0.05, 0.1) is 11.2 Å². The Labute approximate surface area is 169 Å². The number of halogens is 1. The molecule has 0 aliphatic carbocycles. The van der Waals surface area contributed by atoms with Gasteiger partial charge >= 0.3 is 0 Å². The number of hydrogen-bond acceptors (Lipinski definition) is 3. The Morgan fingerprint density at radius 2 is 2.03 bits per heavy atom. The van der Waals surface area contributed by atoms with Crippen LogP contribution in [0.5, 0.6) is 5.75 Å². The minimum Gasteiger partial charge on any atom is -0.483 e. The number of nitrogens with zero attached hydrogens (tertiary/aromatic N) is 3. The third-order valence-corrected chi connectivity index (χ3v) is 6.22. The first-order valence-corrected chi connectivity index (χ1v) is 10.2. The average molecular weight is 393 g/mol. The van der Waals surface area contributed by atoms with Crippen LogP contribution in [0.2, 0.25) is 0 Å². The standard InChI is InChI=1S/C23H24FN3O2/c1-14-25-22-19(26(14)2)13-18(27-12-6-5-9-21(27)28)16-10-11-20(29-23(16)22)15-7-3-4-8-17(15)24/h3-4,7-8,13,20H,5-6,9-12H2,1-2H3/t20-/m0/s1. The molecule has 0 N–H and O–H groups in total. The Balaban J connectivity index is 1.67. The highest BCUT2D eigenvalue weighted by molar-refractivity contribution is 5.99. The van der Waals surface area contributed by atoms with Gasteiger partial charge in [0.25, 0.3) is 0 Å². The van der Waals surface area contributed by atoms with Crippen molar-refractivity contribution in [1.29, 1.82) is 0 Å². The summed E-state index contributed by atoms with van der Waals surface area (Å²) in [5.41, 5.74) is 4.22. The van der Waals surface area contributed by atoms with Crippen molar-refractivity contribution in [2.75, 3.05) is 11.4 Å². The molecule has 2 aliphatic heterocycles. The number of carbonyl (C=O) groups excluding carboxylic acids is 1. The van der Waals surface area contributed by atoms with Crippen LogP contribution in [0.3, 0.4) is 0 Å². The van der Waals surface area contributed by atoms with E-state index in [0.717, 1.165) is 53.9 Å². The predicted octanol–water partition coefficient (Wildman–Crippen LogP) is 4.60. The average Bonchev–Trinajstić information content (AvgIpc) is 3.02. The minimum atomic E-state index is -0.360. The molecular weight excluding hydrogens is 369 g/mol. The molecule has 5 nitrogen and oxygen atoms in total. The lowest BCUT2D eigenvalue weighted by molar-refractivity contribution is -0.119. The molecule has 1 atom stereocenters. The summed E-state index contributed by atoms with van der Waals surface area (Å²) in [5.74, 6) is 1.48. The van der Waals surface area contributed by atoms with E-state index in [1.807, 2.05) is 29.5 Å². The van der Waals surface area contributed by atoms with E-state index in [1.165, 1.54) is 6.07 Å². The van der Waals surface area contributed by atoms with Crippen molar-refractivity contribution >= 4 is 22.6 Å². The lowest BCUT2D eigenvalue weighted by Gasteiger charge is -2.33. The Hall–Kier alpha value is -2.89. The van der Waals surface area contributed by atoms with Gasteiger partial charge in [-0.3, -0.25) is 4.79 Å².